The summed E-state index contributed by atoms with van der Waals surface area (Å²) in [6.45, 7) is 5.43. The highest BCUT2D eigenvalue weighted by Crippen LogP contribution is 2.49. The van der Waals surface area contributed by atoms with Crippen LogP contribution >= 0.6 is 0 Å². The molecule has 28 heavy (non-hydrogen) atoms. The second kappa shape index (κ2) is 6.58. The second-order valence-electron chi connectivity index (χ2n) is 7.54. The summed E-state index contributed by atoms with van der Waals surface area (Å²) >= 11 is 0. The van der Waals surface area contributed by atoms with E-state index in [4.69, 9.17) is 4.74 Å². The van der Waals surface area contributed by atoms with Gasteiger partial charge in [0.05, 0.1) is 30.9 Å². The number of benzene rings is 2. The van der Waals surface area contributed by atoms with Gasteiger partial charge in [0, 0.05) is 11.4 Å². The van der Waals surface area contributed by atoms with Crippen molar-refractivity contribution in [2.45, 2.75) is 24.0 Å². The van der Waals surface area contributed by atoms with Crippen molar-refractivity contribution in [3.8, 4) is 0 Å². The van der Waals surface area contributed by atoms with Gasteiger partial charge in [-0.05, 0) is 23.6 Å². The molecular formula is C22H22N4O2. The van der Waals surface area contributed by atoms with E-state index in [2.05, 4.69) is 34.3 Å². The SMILES string of the molecule is C=C1Nc2ccccc2C12COCC(n1cc(C(O)c3ccccc3)nn1)C2. The van der Waals surface area contributed by atoms with Gasteiger partial charge in [0.1, 0.15) is 11.8 Å². The van der Waals surface area contributed by atoms with Crippen LogP contribution in [0.2, 0.25) is 0 Å². The second-order valence-corrected chi connectivity index (χ2v) is 7.54. The van der Waals surface area contributed by atoms with Crippen LogP contribution in [0.5, 0.6) is 0 Å². The molecule has 142 valence electrons. The number of anilines is 1. The third-order valence-corrected chi connectivity index (χ3v) is 5.85. The number of aliphatic hydroxyl groups is 1. The van der Waals surface area contributed by atoms with Gasteiger partial charge in [-0.2, -0.15) is 0 Å². The van der Waals surface area contributed by atoms with Crippen molar-refractivity contribution in [2.75, 3.05) is 18.5 Å². The first-order chi connectivity index (χ1) is 13.7. The van der Waals surface area contributed by atoms with Crippen LogP contribution in [0.4, 0.5) is 5.69 Å². The fourth-order valence-corrected chi connectivity index (χ4v) is 4.31. The van der Waals surface area contributed by atoms with Gasteiger partial charge in [0.15, 0.2) is 0 Å². The number of aromatic nitrogens is 3. The van der Waals surface area contributed by atoms with Crippen LogP contribution < -0.4 is 5.32 Å². The molecule has 3 aromatic rings. The zero-order valence-electron chi connectivity index (χ0n) is 15.5. The first-order valence-electron chi connectivity index (χ1n) is 9.46. The maximum absolute atomic E-state index is 10.6. The Labute approximate surface area is 163 Å². The minimum atomic E-state index is -0.794. The van der Waals surface area contributed by atoms with E-state index in [1.54, 1.807) is 0 Å². The summed E-state index contributed by atoms with van der Waals surface area (Å²) in [5.41, 5.74) is 4.33. The number of nitrogens with one attached hydrogen (secondary N) is 1. The topological polar surface area (TPSA) is 72.2 Å². The van der Waals surface area contributed by atoms with E-state index in [-0.39, 0.29) is 11.5 Å². The lowest BCUT2D eigenvalue weighted by atomic mass is 9.74. The number of hydrogen-bond acceptors (Lipinski definition) is 5. The van der Waals surface area contributed by atoms with Gasteiger partial charge in [-0.3, -0.25) is 0 Å². The van der Waals surface area contributed by atoms with Crippen LogP contribution in [0.1, 0.15) is 35.4 Å². The molecular weight excluding hydrogens is 352 g/mol. The van der Waals surface area contributed by atoms with Crippen molar-refractivity contribution < 1.29 is 9.84 Å². The van der Waals surface area contributed by atoms with E-state index in [9.17, 15) is 5.11 Å². The monoisotopic (exact) mass is 374 g/mol. The number of nitrogens with zero attached hydrogens (tertiary/aromatic N) is 3. The first kappa shape index (κ1) is 17.2. The van der Waals surface area contributed by atoms with Gasteiger partial charge in [0.25, 0.3) is 0 Å². The molecule has 0 bridgehead atoms. The molecule has 0 radical (unpaired) electrons. The Morgan fingerprint density at radius 3 is 2.82 bits per heavy atom. The van der Waals surface area contributed by atoms with Crippen molar-refractivity contribution in [3.63, 3.8) is 0 Å². The molecule has 1 fully saturated rings. The van der Waals surface area contributed by atoms with E-state index in [0.29, 0.717) is 18.9 Å². The smallest absolute Gasteiger partial charge is 0.124 e. The summed E-state index contributed by atoms with van der Waals surface area (Å²) < 4.78 is 7.82. The Morgan fingerprint density at radius 1 is 1.18 bits per heavy atom. The summed E-state index contributed by atoms with van der Waals surface area (Å²) in [5, 5.41) is 22.5. The van der Waals surface area contributed by atoms with E-state index in [1.165, 1.54) is 5.56 Å². The standard InChI is InChI=1S/C22H22N4O2/c1-15-22(18-9-5-6-10-19(18)23-15)11-17(13-28-14-22)26-12-20(24-25-26)21(27)16-7-3-2-4-8-16/h2-10,12,17,21,23,27H,1,11,13-14H2. The van der Waals surface area contributed by atoms with Gasteiger partial charge < -0.3 is 15.2 Å². The van der Waals surface area contributed by atoms with E-state index >= 15 is 0 Å². The Balaban J connectivity index is 1.43. The number of rotatable bonds is 3. The molecule has 1 saturated heterocycles. The number of hydrogen-bond donors (Lipinski definition) is 2. The van der Waals surface area contributed by atoms with Gasteiger partial charge in [0.2, 0.25) is 0 Å². The molecule has 6 nitrogen and oxygen atoms in total. The molecule has 2 aliphatic rings. The maximum atomic E-state index is 10.6. The lowest BCUT2D eigenvalue weighted by Gasteiger charge is -2.38. The molecule has 6 heteroatoms. The van der Waals surface area contributed by atoms with Crippen LogP contribution in [0.15, 0.2) is 73.1 Å². The third kappa shape index (κ3) is 2.65. The van der Waals surface area contributed by atoms with Crippen molar-refractivity contribution in [1.82, 2.24) is 15.0 Å². The largest absolute Gasteiger partial charge is 0.382 e. The summed E-state index contributed by atoms with van der Waals surface area (Å²) in [6.07, 6.45) is 1.85. The number of aliphatic hydroxyl groups excluding tert-OH is 1. The Morgan fingerprint density at radius 2 is 1.96 bits per heavy atom. The molecule has 0 amide bonds. The molecule has 2 aliphatic heterocycles. The highest BCUT2D eigenvalue weighted by molar-refractivity contribution is 5.68. The van der Waals surface area contributed by atoms with Gasteiger partial charge in [-0.15, -0.1) is 5.10 Å². The first-order valence-corrected chi connectivity index (χ1v) is 9.46. The summed E-state index contributed by atoms with van der Waals surface area (Å²) in [6, 6.07) is 17.8. The van der Waals surface area contributed by atoms with Crippen molar-refractivity contribution >= 4 is 5.69 Å². The van der Waals surface area contributed by atoms with E-state index in [1.807, 2.05) is 53.3 Å². The molecule has 5 rings (SSSR count). The lowest BCUT2D eigenvalue weighted by molar-refractivity contribution is 0.0125. The highest BCUT2D eigenvalue weighted by atomic mass is 16.5. The average molecular weight is 374 g/mol. The van der Waals surface area contributed by atoms with Crippen LogP contribution in [-0.4, -0.2) is 33.3 Å². The molecule has 3 unspecified atom stereocenters. The van der Waals surface area contributed by atoms with Gasteiger partial charge in [-0.25, -0.2) is 4.68 Å². The zero-order chi connectivity index (χ0) is 19.1. The summed E-state index contributed by atoms with van der Waals surface area (Å²) in [5.74, 6) is 0. The number of para-hydroxylation sites is 1. The normalized spacial score (nSPS) is 24.8. The number of ether oxygens (including phenoxy) is 1. The molecule has 1 spiro atoms. The lowest BCUT2D eigenvalue weighted by Crippen LogP contribution is -2.41. The van der Waals surface area contributed by atoms with Crippen LogP contribution in [0, 0.1) is 0 Å². The Hall–Kier alpha value is -2.96. The molecule has 2 aromatic carbocycles. The number of fused-ring (bicyclic) bond motifs is 2. The van der Waals surface area contributed by atoms with Gasteiger partial charge >= 0.3 is 0 Å². The molecule has 0 aliphatic carbocycles. The molecule has 3 heterocycles. The molecule has 1 aromatic heterocycles. The van der Waals surface area contributed by atoms with Crippen LogP contribution in [0.3, 0.4) is 0 Å². The minimum Gasteiger partial charge on any atom is -0.382 e. The fourth-order valence-electron chi connectivity index (χ4n) is 4.31. The molecule has 2 N–H and O–H groups in total. The zero-order valence-corrected chi connectivity index (χ0v) is 15.5. The average Bonchev–Trinajstić information content (AvgIpc) is 3.33. The van der Waals surface area contributed by atoms with Crippen molar-refractivity contribution in [2.24, 2.45) is 0 Å². The summed E-state index contributed by atoms with van der Waals surface area (Å²) in [4.78, 5) is 0. The Bertz CT molecular complexity index is 1020. The minimum absolute atomic E-state index is 0.0164. The predicted octanol–water partition coefficient (Wildman–Crippen LogP) is 3.20. The van der Waals surface area contributed by atoms with Crippen LogP contribution in [-0.2, 0) is 10.2 Å². The quantitative estimate of drug-likeness (QED) is 0.737. The van der Waals surface area contributed by atoms with E-state index in [0.717, 1.165) is 23.4 Å². The van der Waals surface area contributed by atoms with Crippen molar-refractivity contribution in [1.29, 1.82) is 0 Å². The predicted molar refractivity (Wildman–Crippen MR) is 106 cm³/mol. The molecule has 0 saturated carbocycles. The Kier molecular flexibility index (Phi) is 4.03. The maximum Gasteiger partial charge on any atom is 0.124 e. The third-order valence-electron chi connectivity index (χ3n) is 5.85. The fraction of sp³-hybridized carbons (Fsp3) is 0.273. The summed E-state index contributed by atoms with van der Waals surface area (Å²) in [7, 11) is 0. The van der Waals surface area contributed by atoms with Gasteiger partial charge in [-0.1, -0.05) is 60.3 Å². The van der Waals surface area contributed by atoms with Crippen molar-refractivity contribution in [3.05, 3.63) is 89.9 Å². The molecule has 3 atom stereocenters. The van der Waals surface area contributed by atoms with Crippen LogP contribution in [0.25, 0.3) is 0 Å². The van der Waals surface area contributed by atoms with E-state index < -0.39 is 6.10 Å². The highest BCUT2D eigenvalue weighted by Gasteiger charge is 2.47.